The fourth-order valence-corrected chi connectivity index (χ4v) is 1.81. The van der Waals surface area contributed by atoms with Gasteiger partial charge in [0.05, 0.1) is 11.3 Å². The number of aryl methyl sites for hydroxylation is 1. The van der Waals surface area contributed by atoms with Crippen LogP contribution in [-0.2, 0) is 9.53 Å². The van der Waals surface area contributed by atoms with Gasteiger partial charge < -0.3 is 15.2 Å². The zero-order valence-corrected chi connectivity index (χ0v) is 11.4. The molecule has 0 heterocycles. The molecule has 1 atom stereocenters. The monoisotopic (exact) mass is 265 g/mol. The molecule has 1 rings (SSSR count). The van der Waals surface area contributed by atoms with Gasteiger partial charge in [0.2, 0.25) is 5.91 Å². The number of aromatic carboxylic acids is 1. The molecule has 104 valence electrons. The number of carboxylic acids is 1. The standard InChI is InChI=1S/C14H19NO4/c1-9-4-5-12(11(6-9)14(17)18)15-13(16)7-10(2)8-19-3/h4-6,10H,7-8H2,1-3H3,(H,15,16)(H,17,18). The first-order chi connectivity index (χ1) is 8.93. The maximum Gasteiger partial charge on any atom is 0.337 e. The summed E-state index contributed by atoms with van der Waals surface area (Å²) in [6, 6.07) is 4.91. The number of carbonyl (C=O) groups excluding carboxylic acids is 1. The topological polar surface area (TPSA) is 75.6 Å². The Kier molecular flexibility index (Phi) is 5.51. The lowest BCUT2D eigenvalue weighted by atomic mass is 10.1. The van der Waals surface area contributed by atoms with E-state index in [1.807, 2.05) is 6.92 Å². The van der Waals surface area contributed by atoms with Gasteiger partial charge in [0.15, 0.2) is 0 Å². The molecule has 0 radical (unpaired) electrons. The van der Waals surface area contributed by atoms with E-state index in [2.05, 4.69) is 5.32 Å². The highest BCUT2D eigenvalue weighted by molar-refractivity contribution is 6.00. The minimum atomic E-state index is -1.05. The number of benzene rings is 1. The molecule has 0 aromatic heterocycles. The second-order valence-electron chi connectivity index (χ2n) is 4.67. The van der Waals surface area contributed by atoms with Crippen molar-refractivity contribution >= 4 is 17.6 Å². The average Bonchev–Trinajstić information content (AvgIpc) is 2.31. The lowest BCUT2D eigenvalue weighted by Crippen LogP contribution is -2.19. The van der Waals surface area contributed by atoms with Gasteiger partial charge in [0.25, 0.3) is 0 Å². The molecule has 0 saturated carbocycles. The number of carboxylic acid groups (broad SMARTS) is 1. The van der Waals surface area contributed by atoms with Crippen LogP contribution in [0, 0.1) is 12.8 Å². The highest BCUT2D eigenvalue weighted by atomic mass is 16.5. The lowest BCUT2D eigenvalue weighted by Gasteiger charge is -2.12. The second kappa shape index (κ2) is 6.89. The van der Waals surface area contributed by atoms with Crippen molar-refractivity contribution in [1.29, 1.82) is 0 Å². The van der Waals surface area contributed by atoms with Crippen molar-refractivity contribution in [1.82, 2.24) is 0 Å². The van der Waals surface area contributed by atoms with Crippen molar-refractivity contribution in [3.8, 4) is 0 Å². The fourth-order valence-electron chi connectivity index (χ4n) is 1.81. The number of carbonyl (C=O) groups is 2. The van der Waals surface area contributed by atoms with Gasteiger partial charge in [-0.15, -0.1) is 0 Å². The van der Waals surface area contributed by atoms with Crippen molar-refractivity contribution in [2.24, 2.45) is 5.92 Å². The molecule has 0 aliphatic rings. The number of nitrogens with one attached hydrogen (secondary N) is 1. The van der Waals surface area contributed by atoms with E-state index in [0.717, 1.165) is 5.56 Å². The van der Waals surface area contributed by atoms with Gasteiger partial charge in [-0.3, -0.25) is 4.79 Å². The predicted octanol–water partition coefficient (Wildman–Crippen LogP) is 2.30. The third-order valence-corrected chi connectivity index (χ3v) is 2.66. The third kappa shape index (κ3) is 4.71. The van der Waals surface area contributed by atoms with E-state index in [0.29, 0.717) is 18.7 Å². The van der Waals surface area contributed by atoms with E-state index >= 15 is 0 Å². The van der Waals surface area contributed by atoms with Crippen molar-refractivity contribution in [2.45, 2.75) is 20.3 Å². The first kappa shape index (κ1) is 15.2. The van der Waals surface area contributed by atoms with Gasteiger partial charge in [0, 0.05) is 20.1 Å². The molecule has 1 aromatic carbocycles. The van der Waals surface area contributed by atoms with Gasteiger partial charge >= 0.3 is 5.97 Å². The highest BCUT2D eigenvalue weighted by Gasteiger charge is 2.14. The average molecular weight is 265 g/mol. The van der Waals surface area contributed by atoms with Gasteiger partial charge in [0.1, 0.15) is 0 Å². The Morgan fingerprint density at radius 2 is 2.11 bits per heavy atom. The van der Waals surface area contributed by atoms with Crippen molar-refractivity contribution in [2.75, 3.05) is 19.0 Å². The Morgan fingerprint density at radius 3 is 2.68 bits per heavy atom. The highest BCUT2D eigenvalue weighted by Crippen LogP contribution is 2.18. The number of hydrogen-bond donors (Lipinski definition) is 2. The number of ether oxygens (including phenoxy) is 1. The normalized spacial score (nSPS) is 11.9. The second-order valence-corrected chi connectivity index (χ2v) is 4.67. The third-order valence-electron chi connectivity index (χ3n) is 2.66. The molecule has 2 N–H and O–H groups in total. The smallest absolute Gasteiger partial charge is 0.337 e. The molecule has 1 aromatic rings. The van der Waals surface area contributed by atoms with Crippen LogP contribution >= 0.6 is 0 Å². The number of hydrogen-bond acceptors (Lipinski definition) is 3. The van der Waals surface area contributed by atoms with Gasteiger partial charge in [-0.1, -0.05) is 18.6 Å². The SMILES string of the molecule is COCC(C)CC(=O)Nc1ccc(C)cc1C(=O)O. The Hall–Kier alpha value is -1.88. The molecule has 19 heavy (non-hydrogen) atoms. The molecule has 0 bridgehead atoms. The number of amides is 1. The van der Waals surface area contributed by atoms with Crippen molar-refractivity contribution < 1.29 is 19.4 Å². The molecule has 0 aliphatic heterocycles. The Morgan fingerprint density at radius 1 is 1.42 bits per heavy atom. The van der Waals surface area contributed by atoms with Crippen LogP contribution in [0.25, 0.3) is 0 Å². The summed E-state index contributed by atoms with van der Waals surface area (Å²) in [6.07, 6.45) is 0.292. The van der Waals surface area contributed by atoms with Crippen LogP contribution in [-0.4, -0.2) is 30.7 Å². The van der Waals surface area contributed by atoms with Gasteiger partial charge in [-0.05, 0) is 25.0 Å². The van der Waals surface area contributed by atoms with Crippen molar-refractivity contribution in [3.63, 3.8) is 0 Å². The van der Waals surface area contributed by atoms with E-state index in [9.17, 15) is 9.59 Å². The minimum Gasteiger partial charge on any atom is -0.478 e. The van der Waals surface area contributed by atoms with Crippen molar-refractivity contribution in [3.05, 3.63) is 29.3 Å². The van der Waals surface area contributed by atoms with Crippen LogP contribution in [0.4, 0.5) is 5.69 Å². The molecular weight excluding hydrogens is 246 g/mol. The van der Waals surface area contributed by atoms with Gasteiger partial charge in [-0.2, -0.15) is 0 Å². The van der Waals surface area contributed by atoms with Crippen LogP contribution in [0.5, 0.6) is 0 Å². The zero-order valence-electron chi connectivity index (χ0n) is 11.4. The summed E-state index contributed by atoms with van der Waals surface area (Å²) in [5.74, 6) is -1.18. The van der Waals surface area contributed by atoms with Crippen LogP contribution < -0.4 is 5.32 Å². The van der Waals surface area contributed by atoms with E-state index in [4.69, 9.17) is 9.84 Å². The molecule has 0 fully saturated rings. The maximum absolute atomic E-state index is 11.8. The Balaban J connectivity index is 2.76. The summed E-state index contributed by atoms with van der Waals surface area (Å²) < 4.78 is 4.96. The van der Waals surface area contributed by atoms with E-state index in [-0.39, 0.29) is 17.4 Å². The van der Waals surface area contributed by atoms with E-state index < -0.39 is 5.97 Å². The van der Waals surface area contributed by atoms with Crippen LogP contribution in [0.3, 0.4) is 0 Å². The Labute approximate surface area is 112 Å². The Bertz CT molecular complexity index is 471. The fraction of sp³-hybridized carbons (Fsp3) is 0.429. The van der Waals surface area contributed by atoms with Gasteiger partial charge in [-0.25, -0.2) is 4.79 Å². The molecule has 5 heteroatoms. The first-order valence-electron chi connectivity index (χ1n) is 6.06. The largest absolute Gasteiger partial charge is 0.478 e. The first-order valence-corrected chi connectivity index (χ1v) is 6.06. The lowest BCUT2D eigenvalue weighted by molar-refractivity contribution is -0.117. The molecule has 0 aliphatic carbocycles. The van der Waals surface area contributed by atoms with E-state index in [1.165, 1.54) is 6.07 Å². The number of rotatable bonds is 6. The summed E-state index contributed by atoms with van der Waals surface area (Å²) in [5, 5.41) is 11.7. The minimum absolute atomic E-state index is 0.0868. The number of methoxy groups -OCH3 is 1. The zero-order chi connectivity index (χ0) is 14.4. The van der Waals surface area contributed by atoms with E-state index in [1.54, 1.807) is 26.2 Å². The molecule has 5 nitrogen and oxygen atoms in total. The van der Waals surface area contributed by atoms with Crippen LogP contribution in [0.1, 0.15) is 29.3 Å². The molecular formula is C14H19NO4. The van der Waals surface area contributed by atoms with Crippen LogP contribution in [0.2, 0.25) is 0 Å². The maximum atomic E-state index is 11.8. The molecule has 0 spiro atoms. The summed E-state index contributed by atoms with van der Waals surface area (Å²) >= 11 is 0. The molecule has 1 amide bonds. The predicted molar refractivity (Wildman–Crippen MR) is 72.4 cm³/mol. The van der Waals surface area contributed by atoms with Crippen LogP contribution in [0.15, 0.2) is 18.2 Å². The molecule has 1 unspecified atom stereocenters. The summed E-state index contributed by atoms with van der Waals surface area (Å²) in [6.45, 7) is 4.20. The summed E-state index contributed by atoms with van der Waals surface area (Å²) in [4.78, 5) is 22.9. The summed E-state index contributed by atoms with van der Waals surface area (Å²) in [5.41, 5.74) is 1.27. The quantitative estimate of drug-likeness (QED) is 0.827. The molecule has 0 saturated heterocycles. The summed E-state index contributed by atoms with van der Waals surface area (Å²) in [7, 11) is 1.58. The number of anilines is 1.